The third kappa shape index (κ3) is 3.01. The van der Waals surface area contributed by atoms with Gasteiger partial charge in [-0.25, -0.2) is 0 Å². The number of benzene rings is 1. The average molecular weight is 273 g/mol. The molecular weight excluding hydrogens is 258 g/mol. The van der Waals surface area contributed by atoms with E-state index in [9.17, 15) is 4.79 Å². The molecule has 1 heterocycles. The number of aliphatic hydroxyl groups excluding tert-OH is 1. The van der Waals surface area contributed by atoms with Gasteiger partial charge < -0.3 is 9.67 Å². The maximum absolute atomic E-state index is 12.0. The molecule has 98 valence electrons. The molecule has 0 saturated heterocycles. The van der Waals surface area contributed by atoms with Gasteiger partial charge in [-0.3, -0.25) is 4.79 Å². The van der Waals surface area contributed by atoms with Crippen LogP contribution in [0.25, 0.3) is 10.9 Å². The van der Waals surface area contributed by atoms with Crippen LogP contribution in [0.1, 0.15) is 6.92 Å². The van der Waals surface area contributed by atoms with Crippen LogP contribution in [0, 0.1) is 11.8 Å². The number of hydrogen-bond donors (Lipinski definition) is 1. The molecule has 0 amide bonds. The Hall–Kier alpha value is -1.70. The minimum atomic E-state index is -0.126. The molecule has 2 rings (SSSR count). The van der Waals surface area contributed by atoms with E-state index < -0.39 is 0 Å². The van der Waals surface area contributed by atoms with Crippen molar-refractivity contribution in [2.45, 2.75) is 18.4 Å². The summed E-state index contributed by atoms with van der Waals surface area (Å²) in [6.45, 7) is 2.50. The van der Waals surface area contributed by atoms with Gasteiger partial charge in [-0.15, -0.1) is 11.8 Å². The molecule has 0 saturated carbocycles. The van der Waals surface area contributed by atoms with Gasteiger partial charge in [0.15, 0.2) is 0 Å². The second-order valence-electron chi connectivity index (χ2n) is 3.91. The summed E-state index contributed by atoms with van der Waals surface area (Å²) in [4.78, 5) is 13.0. The molecule has 1 aromatic carbocycles. The first-order valence-electron chi connectivity index (χ1n) is 6.10. The van der Waals surface area contributed by atoms with E-state index in [0.717, 1.165) is 15.8 Å². The minimum Gasteiger partial charge on any atom is -0.384 e. The summed E-state index contributed by atoms with van der Waals surface area (Å²) in [6, 6.07) is 9.55. The molecular formula is C15H15NO2S. The van der Waals surface area contributed by atoms with Gasteiger partial charge in [0.25, 0.3) is 5.56 Å². The fourth-order valence-electron chi connectivity index (χ4n) is 1.97. The summed E-state index contributed by atoms with van der Waals surface area (Å²) in [5, 5.41) is 9.68. The Bertz CT molecular complexity index is 695. The van der Waals surface area contributed by atoms with Crippen molar-refractivity contribution >= 4 is 22.7 Å². The van der Waals surface area contributed by atoms with Crippen LogP contribution in [0.3, 0.4) is 0 Å². The van der Waals surface area contributed by atoms with Crippen LogP contribution in [0.15, 0.2) is 40.0 Å². The van der Waals surface area contributed by atoms with Gasteiger partial charge in [0.2, 0.25) is 0 Å². The minimum absolute atomic E-state index is 0.0128. The Kier molecular flexibility index (Phi) is 4.67. The Balaban J connectivity index is 2.47. The standard InChI is InChI=1S/C15H15NO2S/c1-2-16-13-8-4-3-7-12(13)14(11-15(16)18)19-10-6-5-9-17/h3-4,7-8,11,17H,2,9-10H2,1H3. The highest BCUT2D eigenvalue weighted by Gasteiger charge is 2.07. The molecule has 1 N–H and O–H groups in total. The highest BCUT2D eigenvalue weighted by Crippen LogP contribution is 2.25. The van der Waals surface area contributed by atoms with E-state index >= 15 is 0 Å². The van der Waals surface area contributed by atoms with Crippen LogP contribution >= 0.6 is 11.8 Å². The summed E-state index contributed by atoms with van der Waals surface area (Å²) in [7, 11) is 0. The van der Waals surface area contributed by atoms with Gasteiger partial charge in [-0.1, -0.05) is 30.0 Å². The maximum atomic E-state index is 12.0. The number of para-hydroxylation sites is 1. The predicted octanol–water partition coefficient (Wildman–Crippen LogP) is 2.11. The van der Waals surface area contributed by atoms with Gasteiger partial charge in [-0.2, -0.15) is 0 Å². The van der Waals surface area contributed by atoms with Crippen LogP contribution < -0.4 is 5.56 Å². The zero-order valence-electron chi connectivity index (χ0n) is 10.7. The molecule has 0 atom stereocenters. The molecule has 1 aromatic heterocycles. The third-order valence-electron chi connectivity index (χ3n) is 2.80. The van der Waals surface area contributed by atoms with Crippen molar-refractivity contribution in [3.63, 3.8) is 0 Å². The summed E-state index contributed by atoms with van der Waals surface area (Å²) in [6.07, 6.45) is 0. The Morgan fingerprint density at radius 2 is 2.11 bits per heavy atom. The van der Waals surface area contributed by atoms with Crippen molar-refractivity contribution in [2.75, 3.05) is 12.4 Å². The van der Waals surface area contributed by atoms with Crippen LogP contribution in [-0.4, -0.2) is 22.0 Å². The Morgan fingerprint density at radius 3 is 2.84 bits per heavy atom. The van der Waals surface area contributed by atoms with Gasteiger partial charge >= 0.3 is 0 Å². The van der Waals surface area contributed by atoms with Crippen molar-refractivity contribution in [3.05, 3.63) is 40.7 Å². The number of rotatable bonds is 3. The summed E-state index contributed by atoms with van der Waals surface area (Å²) >= 11 is 1.53. The second-order valence-corrected chi connectivity index (χ2v) is 4.93. The first kappa shape index (κ1) is 13.7. The molecule has 0 unspecified atom stereocenters. The Labute approximate surface area is 116 Å². The van der Waals surface area contributed by atoms with Gasteiger partial charge in [-0.05, 0) is 13.0 Å². The van der Waals surface area contributed by atoms with Crippen molar-refractivity contribution < 1.29 is 5.11 Å². The van der Waals surface area contributed by atoms with E-state index in [0.29, 0.717) is 12.3 Å². The Morgan fingerprint density at radius 1 is 1.32 bits per heavy atom. The lowest BCUT2D eigenvalue weighted by Crippen LogP contribution is -2.18. The first-order chi connectivity index (χ1) is 9.27. The lowest BCUT2D eigenvalue weighted by molar-refractivity contribution is 0.350. The molecule has 0 radical (unpaired) electrons. The molecule has 19 heavy (non-hydrogen) atoms. The molecule has 0 fully saturated rings. The van der Waals surface area contributed by atoms with Crippen LogP contribution in [0.5, 0.6) is 0 Å². The second kappa shape index (κ2) is 6.46. The molecule has 3 nitrogen and oxygen atoms in total. The smallest absolute Gasteiger partial charge is 0.252 e. The monoisotopic (exact) mass is 273 g/mol. The van der Waals surface area contributed by atoms with Crippen LogP contribution in [0.2, 0.25) is 0 Å². The summed E-state index contributed by atoms with van der Waals surface area (Å²) in [5.41, 5.74) is 0.967. The van der Waals surface area contributed by atoms with E-state index in [1.807, 2.05) is 31.2 Å². The molecule has 0 aliphatic carbocycles. The molecule has 2 aromatic rings. The highest BCUT2D eigenvalue weighted by atomic mass is 32.2. The quantitative estimate of drug-likeness (QED) is 0.688. The van der Waals surface area contributed by atoms with E-state index in [1.165, 1.54) is 11.8 Å². The summed E-state index contributed by atoms with van der Waals surface area (Å²) in [5.74, 6) is 6.03. The molecule has 0 aliphatic heterocycles. The predicted molar refractivity (Wildman–Crippen MR) is 79.5 cm³/mol. The number of aryl methyl sites for hydroxylation is 1. The lowest BCUT2D eigenvalue weighted by Gasteiger charge is -2.10. The molecule has 0 bridgehead atoms. The van der Waals surface area contributed by atoms with Crippen molar-refractivity contribution in [3.8, 4) is 11.8 Å². The third-order valence-corrected chi connectivity index (χ3v) is 3.74. The van der Waals surface area contributed by atoms with Crippen LogP contribution in [-0.2, 0) is 6.54 Å². The van der Waals surface area contributed by atoms with E-state index in [1.54, 1.807) is 10.6 Å². The van der Waals surface area contributed by atoms with Gasteiger partial charge in [0, 0.05) is 22.9 Å². The van der Waals surface area contributed by atoms with Gasteiger partial charge in [0.05, 0.1) is 11.3 Å². The SMILES string of the molecule is CCn1c(=O)cc(SCC#CCO)c2ccccc21. The van der Waals surface area contributed by atoms with Crippen molar-refractivity contribution in [1.82, 2.24) is 4.57 Å². The number of aliphatic hydroxyl groups is 1. The number of nitrogens with zero attached hydrogens (tertiary/aromatic N) is 1. The molecule has 0 spiro atoms. The number of pyridine rings is 1. The number of thioether (sulfide) groups is 1. The number of fused-ring (bicyclic) bond motifs is 1. The molecule has 4 heteroatoms. The number of aromatic nitrogens is 1. The van der Waals surface area contributed by atoms with E-state index in [2.05, 4.69) is 11.8 Å². The highest BCUT2D eigenvalue weighted by molar-refractivity contribution is 7.99. The zero-order chi connectivity index (χ0) is 13.7. The fourth-order valence-corrected chi connectivity index (χ4v) is 2.81. The largest absolute Gasteiger partial charge is 0.384 e. The summed E-state index contributed by atoms with van der Waals surface area (Å²) < 4.78 is 1.76. The van der Waals surface area contributed by atoms with E-state index in [4.69, 9.17) is 5.11 Å². The van der Waals surface area contributed by atoms with E-state index in [-0.39, 0.29) is 12.2 Å². The van der Waals surface area contributed by atoms with Crippen molar-refractivity contribution in [1.29, 1.82) is 0 Å². The van der Waals surface area contributed by atoms with Gasteiger partial charge in [0.1, 0.15) is 6.61 Å². The maximum Gasteiger partial charge on any atom is 0.252 e. The lowest BCUT2D eigenvalue weighted by atomic mass is 10.2. The zero-order valence-corrected chi connectivity index (χ0v) is 11.5. The molecule has 0 aliphatic rings. The fraction of sp³-hybridized carbons (Fsp3) is 0.267. The normalized spacial score (nSPS) is 10.2. The topological polar surface area (TPSA) is 42.2 Å². The van der Waals surface area contributed by atoms with Crippen LogP contribution in [0.4, 0.5) is 0 Å². The average Bonchev–Trinajstić information content (AvgIpc) is 2.43. The van der Waals surface area contributed by atoms with Crippen molar-refractivity contribution in [2.24, 2.45) is 0 Å². The number of hydrogen-bond acceptors (Lipinski definition) is 3. The first-order valence-corrected chi connectivity index (χ1v) is 7.08.